The van der Waals surface area contributed by atoms with Crippen LogP contribution in [0.4, 0.5) is 0 Å². The Morgan fingerprint density at radius 3 is 2.37 bits per heavy atom. The minimum atomic E-state index is -0.683. The first-order valence-corrected chi connectivity index (χ1v) is 17.5. The van der Waals surface area contributed by atoms with Crippen LogP contribution in [-0.4, -0.2) is 75.0 Å². The molecular formula is C39H56N4O3. The monoisotopic (exact) mass is 628 g/mol. The fraction of sp³-hybridized carbons (Fsp3) is 0.590. The van der Waals surface area contributed by atoms with Crippen molar-refractivity contribution >= 4 is 5.97 Å². The number of nitrogens with zero attached hydrogens (tertiary/aromatic N) is 4. The summed E-state index contributed by atoms with van der Waals surface area (Å²) in [4.78, 5) is 17.3. The number of hydrogen-bond donors (Lipinski definition) is 1. The van der Waals surface area contributed by atoms with Crippen molar-refractivity contribution < 1.29 is 14.6 Å². The highest BCUT2D eigenvalue weighted by Crippen LogP contribution is 2.38. The molecule has 4 atom stereocenters. The molecule has 0 unspecified atom stereocenters. The smallest absolute Gasteiger partial charge is 0.321 e. The first-order valence-electron chi connectivity index (χ1n) is 17.5. The van der Waals surface area contributed by atoms with Gasteiger partial charge < -0.3 is 14.7 Å². The molecule has 0 saturated carbocycles. The second kappa shape index (κ2) is 14.7. The number of carbonyl (C=O) groups is 1. The van der Waals surface area contributed by atoms with Gasteiger partial charge in [-0.1, -0.05) is 62.2 Å². The largest absolute Gasteiger partial charge is 0.488 e. The van der Waals surface area contributed by atoms with Gasteiger partial charge in [0.25, 0.3) is 0 Å². The Hall–Kier alpha value is -3.16. The van der Waals surface area contributed by atoms with Crippen molar-refractivity contribution in [1.29, 1.82) is 0 Å². The molecule has 0 bridgehead atoms. The Labute approximate surface area is 276 Å². The van der Waals surface area contributed by atoms with E-state index in [0.717, 1.165) is 76.4 Å². The van der Waals surface area contributed by atoms with E-state index in [1.807, 2.05) is 0 Å². The van der Waals surface area contributed by atoms with Crippen molar-refractivity contribution in [3.8, 4) is 5.75 Å². The lowest BCUT2D eigenvalue weighted by molar-refractivity contribution is -0.145. The van der Waals surface area contributed by atoms with Gasteiger partial charge in [-0.15, -0.1) is 0 Å². The molecule has 2 aliphatic heterocycles. The van der Waals surface area contributed by atoms with Gasteiger partial charge in [0.05, 0.1) is 5.69 Å². The predicted molar refractivity (Wildman–Crippen MR) is 186 cm³/mol. The lowest BCUT2D eigenvalue weighted by atomic mass is 9.86. The van der Waals surface area contributed by atoms with E-state index in [2.05, 4.69) is 118 Å². The summed E-state index contributed by atoms with van der Waals surface area (Å²) in [7, 11) is 0. The molecule has 2 aromatic carbocycles. The van der Waals surface area contributed by atoms with Gasteiger partial charge in [-0.25, -0.2) is 0 Å². The second-order valence-electron chi connectivity index (χ2n) is 14.9. The maximum atomic E-state index is 12.4. The lowest BCUT2D eigenvalue weighted by Crippen LogP contribution is -2.45. The number of carboxylic acids is 1. The maximum Gasteiger partial charge on any atom is 0.321 e. The van der Waals surface area contributed by atoms with E-state index in [1.165, 1.54) is 22.4 Å². The van der Waals surface area contributed by atoms with Crippen LogP contribution in [0, 0.1) is 18.8 Å². The van der Waals surface area contributed by atoms with E-state index in [0.29, 0.717) is 17.8 Å². The molecule has 2 aliphatic rings. The Kier molecular flexibility index (Phi) is 10.9. The van der Waals surface area contributed by atoms with Gasteiger partial charge >= 0.3 is 5.97 Å². The molecule has 5 rings (SSSR count). The normalized spacial score (nSPS) is 21.4. The fourth-order valence-electron chi connectivity index (χ4n) is 7.71. The van der Waals surface area contributed by atoms with Crippen LogP contribution in [0.5, 0.6) is 5.75 Å². The number of rotatable bonds is 12. The highest BCUT2D eigenvalue weighted by molar-refractivity contribution is 5.74. The summed E-state index contributed by atoms with van der Waals surface area (Å²) < 4.78 is 8.22. The molecule has 3 heterocycles. The zero-order chi connectivity index (χ0) is 33.0. The van der Waals surface area contributed by atoms with Crippen molar-refractivity contribution in [2.24, 2.45) is 11.8 Å². The maximum absolute atomic E-state index is 12.4. The van der Waals surface area contributed by atoms with Crippen LogP contribution in [0.2, 0.25) is 0 Å². The second-order valence-corrected chi connectivity index (χ2v) is 14.9. The van der Waals surface area contributed by atoms with Crippen molar-refractivity contribution in [3.63, 3.8) is 0 Å². The first kappa shape index (κ1) is 34.2. The molecule has 0 amide bonds. The van der Waals surface area contributed by atoms with Crippen LogP contribution in [-0.2, 0) is 17.8 Å². The van der Waals surface area contributed by atoms with Crippen molar-refractivity contribution in [3.05, 3.63) is 82.7 Å². The zero-order valence-corrected chi connectivity index (χ0v) is 29.2. The number of aryl methyl sites for hydroxylation is 2. The summed E-state index contributed by atoms with van der Waals surface area (Å²) in [5, 5.41) is 15.2. The topological polar surface area (TPSA) is 70.8 Å². The van der Waals surface area contributed by atoms with E-state index in [-0.39, 0.29) is 11.5 Å². The first-order chi connectivity index (χ1) is 21.9. The van der Waals surface area contributed by atoms with Gasteiger partial charge in [0.2, 0.25) is 0 Å². The number of aliphatic carboxylic acids is 1. The van der Waals surface area contributed by atoms with Gasteiger partial charge in [-0.05, 0) is 102 Å². The predicted octanol–water partition coefficient (Wildman–Crippen LogP) is 7.37. The van der Waals surface area contributed by atoms with Crippen molar-refractivity contribution in [2.75, 3.05) is 32.7 Å². The standard InChI is InChI=1S/C39H56N4O3/c1-8-28(4)37(38(44)45)42-25-32(35(26-42)31-12-10-11-27(3)21-31)24-41-19-17-30(18-20-41)36-23-33(40-43(36)9-2)22-29-13-15-34(16-14-29)46-39(5,6)7/h10-16,21,23,28,30,32,35,37H,8-9,17-20,22,24-26H2,1-7H3,(H,44,45)/t28-,32-,35+,37+/m0/s1. The summed E-state index contributed by atoms with van der Waals surface area (Å²) in [5.74, 6) is 1.61. The summed E-state index contributed by atoms with van der Waals surface area (Å²) >= 11 is 0. The molecule has 46 heavy (non-hydrogen) atoms. The number of aromatic nitrogens is 2. The molecule has 250 valence electrons. The van der Waals surface area contributed by atoms with E-state index in [9.17, 15) is 9.90 Å². The van der Waals surface area contributed by atoms with Crippen LogP contribution in [0.1, 0.15) is 101 Å². The highest BCUT2D eigenvalue weighted by atomic mass is 16.5. The van der Waals surface area contributed by atoms with Gasteiger partial charge in [-0.3, -0.25) is 14.4 Å². The van der Waals surface area contributed by atoms with Crippen molar-refractivity contribution in [2.45, 2.75) is 104 Å². The fourth-order valence-corrected chi connectivity index (χ4v) is 7.71. The van der Waals surface area contributed by atoms with E-state index in [1.54, 1.807) is 0 Å². The van der Waals surface area contributed by atoms with Crippen LogP contribution in [0.15, 0.2) is 54.6 Å². The molecular weight excluding hydrogens is 572 g/mol. The molecule has 0 aliphatic carbocycles. The molecule has 2 saturated heterocycles. The molecule has 7 heteroatoms. The van der Waals surface area contributed by atoms with Crippen LogP contribution >= 0.6 is 0 Å². The summed E-state index contributed by atoms with van der Waals surface area (Å²) in [5.41, 5.74) is 6.16. The minimum Gasteiger partial charge on any atom is -0.488 e. The Bertz CT molecular complexity index is 1430. The quantitative estimate of drug-likeness (QED) is 0.226. The Morgan fingerprint density at radius 2 is 1.76 bits per heavy atom. The summed E-state index contributed by atoms with van der Waals surface area (Å²) in [6.45, 7) is 20.4. The molecule has 2 fully saturated rings. The number of carboxylic acid groups (broad SMARTS) is 1. The van der Waals surface area contributed by atoms with Crippen LogP contribution in [0.25, 0.3) is 0 Å². The minimum absolute atomic E-state index is 0.125. The molecule has 1 aromatic heterocycles. The number of benzene rings is 2. The SMILES string of the molecule is CC[C@H](C)[C@H](C(=O)O)N1C[C@H](CN2CCC(c3cc(Cc4ccc(OC(C)(C)C)cc4)nn3CC)CC2)[C@@H](c2cccc(C)c2)C1. The van der Waals surface area contributed by atoms with Gasteiger partial charge in [0.15, 0.2) is 0 Å². The van der Waals surface area contributed by atoms with Gasteiger partial charge in [0, 0.05) is 50.1 Å². The molecule has 0 radical (unpaired) electrons. The Morgan fingerprint density at radius 1 is 1.04 bits per heavy atom. The van der Waals surface area contributed by atoms with E-state index < -0.39 is 12.0 Å². The zero-order valence-electron chi connectivity index (χ0n) is 29.2. The van der Waals surface area contributed by atoms with Crippen molar-refractivity contribution in [1.82, 2.24) is 19.6 Å². The third-order valence-electron chi connectivity index (χ3n) is 10.2. The number of likely N-dealkylation sites (tertiary alicyclic amines) is 2. The van der Waals surface area contributed by atoms with E-state index in [4.69, 9.17) is 9.84 Å². The molecule has 3 aromatic rings. The van der Waals surface area contributed by atoms with Gasteiger partial charge in [-0.2, -0.15) is 5.10 Å². The van der Waals surface area contributed by atoms with E-state index >= 15 is 0 Å². The number of piperidine rings is 1. The third-order valence-corrected chi connectivity index (χ3v) is 10.2. The molecule has 1 N–H and O–H groups in total. The summed E-state index contributed by atoms with van der Waals surface area (Å²) in [6.07, 6.45) is 3.94. The Balaban J connectivity index is 1.23. The average molecular weight is 629 g/mol. The van der Waals surface area contributed by atoms with Crippen LogP contribution < -0.4 is 4.74 Å². The highest BCUT2D eigenvalue weighted by Gasteiger charge is 2.42. The number of ether oxygens (including phenoxy) is 1. The molecule has 0 spiro atoms. The third kappa shape index (κ3) is 8.40. The molecule has 7 nitrogen and oxygen atoms in total. The van der Waals surface area contributed by atoms with Gasteiger partial charge in [0.1, 0.15) is 17.4 Å². The average Bonchev–Trinajstić information content (AvgIpc) is 3.61. The lowest BCUT2D eigenvalue weighted by Gasteiger charge is -2.35. The number of hydrogen-bond acceptors (Lipinski definition) is 5. The summed E-state index contributed by atoms with van der Waals surface area (Å²) in [6, 6.07) is 19.2. The van der Waals surface area contributed by atoms with Crippen LogP contribution in [0.3, 0.4) is 0 Å².